The summed E-state index contributed by atoms with van der Waals surface area (Å²) >= 11 is 0. The van der Waals surface area contributed by atoms with E-state index >= 15 is 0 Å². The summed E-state index contributed by atoms with van der Waals surface area (Å²) in [4.78, 5) is 13.9. The lowest BCUT2D eigenvalue weighted by molar-refractivity contribution is -0.120. The molecular weight excluding hydrogens is 320 g/mol. The van der Waals surface area contributed by atoms with Gasteiger partial charge in [-0.25, -0.2) is 0 Å². The summed E-state index contributed by atoms with van der Waals surface area (Å²) in [5.74, 6) is 1.32. The van der Waals surface area contributed by atoms with Gasteiger partial charge in [0.15, 0.2) is 0 Å². The first kappa shape index (κ1) is 18.0. The molecule has 1 saturated carbocycles. The third kappa shape index (κ3) is 4.25. The van der Waals surface area contributed by atoms with Crippen LogP contribution in [-0.4, -0.2) is 60.4 Å². The van der Waals surface area contributed by atoms with Crippen LogP contribution in [0.5, 0.6) is 11.5 Å². The van der Waals surface area contributed by atoms with E-state index in [-0.39, 0.29) is 24.1 Å². The SMILES string of the molecule is COc1cccc(O[C@@H]2C[C@@H](NC(C)=O)[C@H](N3CCCCC3)[C@H]2O)c1. The van der Waals surface area contributed by atoms with E-state index < -0.39 is 6.10 Å². The molecule has 138 valence electrons. The molecule has 6 heteroatoms. The van der Waals surface area contributed by atoms with Crippen LogP contribution in [0.25, 0.3) is 0 Å². The van der Waals surface area contributed by atoms with E-state index in [0.717, 1.165) is 31.7 Å². The van der Waals surface area contributed by atoms with E-state index in [2.05, 4.69) is 10.2 Å². The van der Waals surface area contributed by atoms with Crippen LogP contribution in [0.4, 0.5) is 0 Å². The van der Waals surface area contributed by atoms with Crippen molar-refractivity contribution in [3.8, 4) is 11.5 Å². The Kier molecular flexibility index (Phi) is 5.81. The molecule has 0 unspecified atom stereocenters. The number of nitrogens with zero attached hydrogens (tertiary/aromatic N) is 1. The normalized spacial score (nSPS) is 30.0. The molecule has 1 aromatic rings. The van der Waals surface area contributed by atoms with Gasteiger partial charge in [0, 0.05) is 19.4 Å². The van der Waals surface area contributed by atoms with Gasteiger partial charge in [0.05, 0.1) is 19.2 Å². The minimum atomic E-state index is -0.638. The number of amides is 1. The fourth-order valence-electron chi connectivity index (χ4n) is 4.05. The Balaban J connectivity index is 1.74. The highest BCUT2D eigenvalue weighted by Crippen LogP contribution is 2.31. The van der Waals surface area contributed by atoms with Gasteiger partial charge in [0.1, 0.15) is 23.7 Å². The average molecular weight is 348 g/mol. The molecule has 1 saturated heterocycles. The van der Waals surface area contributed by atoms with Crippen molar-refractivity contribution in [2.24, 2.45) is 0 Å². The quantitative estimate of drug-likeness (QED) is 0.845. The number of carbonyl (C=O) groups is 1. The van der Waals surface area contributed by atoms with Crippen molar-refractivity contribution in [2.75, 3.05) is 20.2 Å². The van der Waals surface area contributed by atoms with Gasteiger partial charge in [0.2, 0.25) is 5.91 Å². The molecule has 0 aromatic heterocycles. The molecule has 1 aliphatic heterocycles. The first-order valence-electron chi connectivity index (χ1n) is 9.08. The predicted octanol–water partition coefficient (Wildman–Crippen LogP) is 1.57. The highest BCUT2D eigenvalue weighted by Gasteiger charge is 2.47. The van der Waals surface area contributed by atoms with Crippen LogP contribution in [0.15, 0.2) is 24.3 Å². The molecule has 0 spiro atoms. The van der Waals surface area contributed by atoms with Crippen LogP contribution in [0.1, 0.15) is 32.6 Å². The van der Waals surface area contributed by atoms with E-state index in [0.29, 0.717) is 12.2 Å². The van der Waals surface area contributed by atoms with Crippen molar-refractivity contribution >= 4 is 5.91 Å². The minimum Gasteiger partial charge on any atom is -0.497 e. The maximum absolute atomic E-state index is 11.6. The molecule has 2 fully saturated rings. The Hall–Kier alpha value is -1.79. The summed E-state index contributed by atoms with van der Waals surface area (Å²) in [7, 11) is 1.61. The number of ether oxygens (including phenoxy) is 2. The third-order valence-electron chi connectivity index (χ3n) is 5.16. The molecule has 1 aliphatic carbocycles. The van der Waals surface area contributed by atoms with Crippen LogP contribution in [0.3, 0.4) is 0 Å². The van der Waals surface area contributed by atoms with Crippen molar-refractivity contribution in [2.45, 2.75) is 56.9 Å². The number of hydrogen-bond acceptors (Lipinski definition) is 5. The monoisotopic (exact) mass is 348 g/mol. The van der Waals surface area contributed by atoms with Gasteiger partial charge in [-0.15, -0.1) is 0 Å². The average Bonchev–Trinajstić information content (AvgIpc) is 2.90. The fourth-order valence-corrected chi connectivity index (χ4v) is 4.05. The van der Waals surface area contributed by atoms with E-state index in [1.807, 2.05) is 24.3 Å². The first-order chi connectivity index (χ1) is 12.1. The van der Waals surface area contributed by atoms with Crippen molar-refractivity contribution in [3.63, 3.8) is 0 Å². The molecular formula is C19H28N2O4. The second kappa shape index (κ2) is 8.06. The van der Waals surface area contributed by atoms with Crippen LogP contribution >= 0.6 is 0 Å². The summed E-state index contributed by atoms with van der Waals surface area (Å²) in [5, 5.41) is 13.9. The number of aliphatic hydroxyl groups is 1. The topological polar surface area (TPSA) is 71.0 Å². The number of hydrogen-bond donors (Lipinski definition) is 2. The summed E-state index contributed by atoms with van der Waals surface area (Å²) in [6, 6.07) is 7.20. The Morgan fingerprint density at radius 3 is 2.64 bits per heavy atom. The standard InChI is InChI=1S/C19H28N2O4/c1-13(22)20-16-12-17(25-15-8-6-7-14(11-15)24-2)19(23)18(16)21-9-4-3-5-10-21/h6-8,11,16-19,23H,3-5,9-10,12H2,1-2H3,(H,20,22)/t16-,17-,18+,19+/m1/s1. The zero-order chi connectivity index (χ0) is 17.8. The molecule has 2 aliphatic rings. The molecule has 6 nitrogen and oxygen atoms in total. The van der Waals surface area contributed by atoms with E-state index in [4.69, 9.17) is 9.47 Å². The third-order valence-corrected chi connectivity index (χ3v) is 5.16. The van der Waals surface area contributed by atoms with Crippen molar-refractivity contribution in [3.05, 3.63) is 24.3 Å². The number of nitrogens with one attached hydrogen (secondary N) is 1. The van der Waals surface area contributed by atoms with Crippen molar-refractivity contribution in [1.29, 1.82) is 0 Å². The lowest BCUT2D eigenvalue weighted by Crippen LogP contribution is -2.54. The van der Waals surface area contributed by atoms with Gasteiger partial charge < -0.3 is 19.9 Å². The Bertz CT molecular complexity index is 589. The number of likely N-dealkylation sites (tertiary alicyclic amines) is 1. The van der Waals surface area contributed by atoms with Gasteiger partial charge in [-0.3, -0.25) is 9.69 Å². The number of rotatable bonds is 5. The molecule has 25 heavy (non-hydrogen) atoms. The van der Waals surface area contributed by atoms with Crippen molar-refractivity contribution in [1.82, 2.24) is 10.2 Å². The van der Waals surface area contributed by atoms with Crippen LogP contribution < -0.4 is 14.8 Å². The number of carbonyl (C=O) groups excluding carboxylic acids is 1. The number of methoxy groups -OCH3 is 1. The zero-order valence-corrected chi connectivity index (χ0v) is 15.0. The van der Waals surface area contributed by atoms with Crippen LogP contribution in [0.2, 0.25) is 0 Å². The van der Waals surface area contributed by atoms with Gasteiger partial charge in [0.25, 0.3) is 0 Å². The maximum Gasteiger partial charge on any atom is 0.217 e. The smallest absolute Gasteiger partial charge is 0.217 e. The number of aliphatic hydroxyl groups excluding tert-OH is 1. The molecule has 0 bridgehead atoms. The second-order valence-electron chi connectivity index (χ2n) is 6.96. The highest BCUT2D eigenvalue weighted by molar-refractivity contribution is 5.73. The Morgan fingerprint density at radius 2 is 1.96 bits per heavy atom. The maximum atomic E-state index is 11.6. The van der Waals surface area contributed by atoms with E-state index in [1.54, 1.807) is 7.11 Å². The first-order valence-corrected chi connectivity index (χ1v) is 9.08. The number of benzene rings is 1. The minimum absolute atomic E-state index is 0.0683. The van der Waals surface area contributed by atoms with Gasteiger partial charge in [-0.05, 0) is 38.1 Å². The summed E-state index contributed by atoms with van der Waals surface area (Å²) in [6.45, 7) is 3.45. The zero-order valence-electron chi connectivity index (χ0n) is 15.0. The lowest BCUT2D eigenvalue weighted by Gasteiger charge is -2.37. The molecule has 2 N–H and O–H groups in total. The number of piperidine rings is 1. The van der Waals surface area contributed by atoms with E-state index in [9.17, 15) is 9.90 Å². The summed E-state index contributed by atoms with van der Waals surface area (Å²) in [5.41, 5.74) is 0. The lowest BCUT2D eigenvalue weighted by atomic mass is 10.0. The fraction of sp³-hybridized carbons (Fsp3) is 0.632. The van der Waals surface area contributed by atoms with Gasteiger partial charge >= 0.3 is 0 Å². The van der Waals surface area contributed by atoms with Crippen molar-refractivity contribution < 1.29 is 19.4 Å². The van der Waals surface area contributed by atoms with Gasteiger partial charge in [-0.2, -0.15) is 0 Å². The van der Waals surface area contributed by atoms with E-state index in [1.165, 1.54) is 13.3 Å². The molecule has 3 rings (SSSR count). The second-order valence-corrected chi connectivity index (χ2v) is 6.96. The molecule has 0 radical (unpaired) electrons. The van der Waals surface area contributed by atoms with Gasteiger partial charge in [-0.1, -0.05) is 12.5 Å². The Morgan fingerprint density at radius 1 is 1.24 bits per heavy atom. The van der Waals surface area contributed by atoms with Crippen LogP contribution in [-0.2, 0) is 4.79 Å². The molecule has 4 atom stereocenters. The molecule has 1 amide bonds. The molecule has 1 aromatic carbocycles. The Labute approximate surface area is 149 Å². The largest absolute Gasteiger partial charge is 0.497 e. The predicted molar refractivity (Wildman–Crippen MR) is 94.9 cm³/mol. The summed E-state index contributed by atoms with van der Waals surface area (Å²) in [6.07, 6.45) is 3.11. The van der Waals surface area contributed by atoms with Crippen LogP contribution in [0, 0.1) is 0 Å². The summed E-state index contributed by atoms with van der Waals surface area (Å²) < 4.78 is 11.3. The molecule has 1 heterocycles. The highest BCUT2D eigenvalue weighted by atomic mass is 16.5.